The fourth-order valence-corrected chi connectivity index (χ4v) is 2.87. The van der Waals surface area contributed by atoms with Crippen LogP contribution in [-0.2, 0) is 11.2 Å². The molecule has 0 bridgehead atoms. The number of pyridine rings is 1. The lowest BCUT2D eigenvalue weighted by molar-refractivity contribution is -0.136. The topological polar surface area (TPSA) is 63.1 Å². The summed E-state index contributed by atoms with van der Waals surface area (Å²) in [6, 6.07) is 5.62. The molecule has 0 aliphatic carbocycles. The van der Waals surface area contributed by atoms with Gasteiger partial charge in [-0.3, -0.25) is 9.78 Å². The second kappa shape index (κ2) is 5.37. The number of carbonyl (C=O) groups is 1. The van der Waals surface area contributed by atoms with Crippen LogP contribution >= 0.6 is 27.3 Å². The first-order valence-corrected chi connectivity index (χ1v) is 6.56. The molecule has 0 aliphatic rings. The van der Waals surface area contributed by atoms with Crippen LogP contribution in [0.5, 0.6) is 0 Å². The zero-order valence-electron chi connectivity index (χ0n) is 8.76. The fourth-order valence-electron chi connectivity index (χ4n) is 1.31. The van der Waals surface area contributed by atoms with Gasteiger partial charge in [0.1, 0.15) is 5.01 Å². The molecule has 2 rings (SSSR count). The monoisotopic (exact) mass is 312 g/mol. The molecule has 0 fully saturated rings. The van der Waals surface area contributed by atoms with Crippen molar-refractivity contribution in [1.29, 1.82) is 0 Å². The normalized spacial score (nSPS) is 10.4. The second-order valence-electron chi connectivity index (χ2n) is 3.35. The lowest BCUT2D eigenvalue weighted by Crippen LogP contribution is -1.98. The molecule has 1 N–H and O–H groups in total. The minimum Gasteiger partial charge on any atom is -0.481 e. The first kappa shape index (κ1) is 12.2. The Morgan fingerprint density at radius 1 is 1.47 bits per heavy atom. The number of thiazole rings is 1. The molecule has 0 aliphatic heterocycles. The molecule has 0 saturated heterocycles. The van der Waals surface area contributed by atoms with Crippen molar-refractivity contribution >= 4 is 33.2 Å². The summed E-state index contributed by atoms with van der Waals surface area (Å²) in [6.45, 7) is 0. The molecule has 0 saturated carbocycles. The summed E-state index contributed by atoms with van der Waals surface area (Å²) in [7, 11) is 0. The van der Waals surface area contributed by atoms with E-state index in [1.165, 1.54) is 11.3 Å². The first-order valence-electron chi connectivity index (χ1n) is 4.95. The van der Waals surface area contributed by atoms with Crippen molar-refractivity contribution in [3.63, 3.8) is 0 Å². The highest BCUT2D eigenvalue weighted by Gasteiger charge is 2.12. The highest BCUT2D eigenvalue weighted by Crippen LogP contribution is 2.31. The van der Waals surface area contributed by atoms with E-state index < -0.39 is 5.97 Å². The van der Waals surface area contributed by atoms with Crippen molar-refractivity contribution < 1.29 is 9.90 Å². The van der Waals surface area contributed by atoms with Gasteiger partial charge < -0.3 is 5.11 Å². The van der Waals surface area contributed by atoms with Crippen molar-refractivity contribution in [1.82, 2.24) is 9.97 Å². The molecule has 0 unspecified atom stereocenters. The average molecular weight is 313 g/mol. The van der Waals surface area contributed by atoms with E-state index in [1.54, 1.807) is 6.20 Å². The van der Waals surface area contributed by atoms with Gasteiger partial charge in [0.25, 0.3) is 0 Å². The molecule has 17 heavy (non-hydrogen) atoms. The Labute approximate surface area is 110 Å². The van der Waals surface area contributed by atoms with Gasteiger partial charge in [0.2, 0.25) is 0 Å². The number of aryl methyl sites for hydroxylation is 1. The molecule has 4 nitrogen and oxygen atoms in total. The van der Waals surface area contributed by atoms with Crippen LogP contribution in [0.15, 0.2) is 28.2 Å². The molecule has 0 radical (unpaired) electrons. The highest BCUT2D eigenvalue weighted by atomic mass is 79.9. The quantitative estimate of drug-likeness (QED) is 0.942. The maximum atomic E-state index is 10.5. The predicted molar refractivity (Wildman–Crippen MR) is 69.0 cm³/mol. The van der Waals surface area contributed by atoms with Crippen LogP contribution in [0.1, 0.15) is 12.1 Å². The van der Waals surface area contributed by atoms with Crippen LogP contribution in [0, 0.1) is 0 Å². The van der Waals surface area contributed by atoms with Crippen LogP contribution in [-0.4, -0.2) is 21.0 Å². The molecule has 0 atom stereocenters. The van der Waals surface area contributed by atoms with Crippen molar-refractivity contribution in [2.45, 2.75) is 12.8 Å². The summed E-state index contributed by atoms with van der Waals surface area (Å²) in [4.78, 5) is 19.1. The Kier molecular flexibility index (Phi) is 3.86. The molecule has 2 aromatic rings. The molecule has 88 valence electrons. The molecule has 2 aromatic heterocycles. The van der Waals surface area contributed by atoms with Crippen molar-refractivity contribution in [3.8, 4) is 10.7 Å². The van der Waals surface area contributed by atoms with Crippen LogP contribution in [0.4, 0.5) is 0 Å². The number of carboxylic acid groups (broad SMARTS) is 1. The van der Waals surface area contributed by atoms with Crippen molar-refractivity contribution in [2.75, 3.05) is 0 Å². The molecular formula is C11H9BrN2O2S. The molecule has 0 amide bonds. The van der Waals surface area contributed by atoms with Gasteiger partial charge in [0, 0.05) is 12.6 Å². The average Bonchev–Trinajstić information content (AvgIpc) is 2.69. The summed E-state index contributed by atoms with van der Waals surface area (Å²) < 4.78 is 0.874. The van der Waals surface area contributed by atoms with Gasteiger partial charge >= 0.3 is 5.97 Å². The Bertz CT molecular complexity index is 528. The standard InChI is InChI=1S/C11H9BrN2O2S/c12-10-7(4-5-9(15)16)14-11(17-10)8-3-1-2-6-13-8/h1-3,6H,4-5H2,(H,15,16). The van der Waals surface area contributed by atoms with Crippen LogP contribution < -0.4 is 0 Å². The lowest BCUT2D eigenvalue weighted by atomic mass is 10.2. The predicted octanol–water partition coefficient (Wildman–Crippen LogP) is 2.98. The number of aromatic nitrogens is 2. The Morgan fingerprint density at radius 2 is 2.29 bits per heavy atom. The summed E-state index contributed by atoms with van der Waals surface area (Å²) in [6.07, 6.45) is 2.23. The maximum absolute atomic E-state index is 10.5. The van der Waals surface area contributed by atoms with E-state index in [9.17, 15) is 4.79 Å². The Hall–Kier alpha value is -1.27. The van der Waals surface area contributed by atoms with Gasteiger partial charge in [-0.05, 0) is 28.1 Å². The Balaban J connectivity index is 2.22. The third-order valence-electron chi connectivity index (χ3n) is 2.11. The number of rotatable bonds is 4. The third kappa shape index (κ3) is 3.10. The lowest BCUT2D eigenvalue weighted by Gasteiger charge is -1.93. The van der Waals surface area contributed by atoms with Crippen LogP contribution in [0.3, 0.4) is 0 Å². The molecule has 6 heteroatoms. The first-order chi connectivity index (χ1) is 8.16. The Morgan fingerprint density at radius 3 is 2.94 bits per heavy atom. The highest BCUT2D eigenvalue weighted by molar-refractivity contribution is 9.11. The maximum Gasteiger partial charge on any atom is 0.303 e. The summed E-state index contributed by atoms with van der Waals surface area (Å²) in [5, 5.41) is 9.44. The third-order valence-corrected chi connectivity index (χ3v) is 3.96. The number of hydrogen-bond donors (Lipinski definition) is 1. The summed E-state index contributed by atoms with van der Waals surface area (Å²) in [5.74, 6) is -0.815. The van der Waals surface area contributed by atoms with Gasteiger partial charge in [0.15, 0.2) is 0 Å². The zero-order chi connectivity index (χ0) is 12.3. The van der Waals surface area contributed by atoms with E-state index in [0.717, 1.165) is 20.2 Å². The van der Waals surface area contributed by atoms with Gasteiger partial charge in [-0.2, -0.15) is 0 Å². The molecule has 0 aromatic carbocycles. The minimum atomic E-state index is -0.815. The van der Waals surface area contributed by atoms with Gasteiger partial charge in [0.05, 0.1) is 21.6 Å². The van der Waals surface area contributed by atoms with Crippen molar-refractivity contribution in [2.24, 2.45) is 0 Å². The van der Waals surface area contributed by atoms with E-state index >= 15 is 0 Å². The van der Waals surface area contributed by atoms with E-state index in [-0.39, 0.29) is 6.42 Å². The largest absolute Gasteiger partial charge is 0.481 e. The molecular weight excluding hydrogens is 304 g/mol. The number of carboxylic acids is 1. The minimum absolute atomic E-state index is 0.0873. The number of hydrogen-bond acceptors (Lipinski definition) is 4. The van der Waals surface area contributed by atoms with Crippen LogP contribution in [0.2, 0.25) is 0 Å². The molecule has 0 spiro atoms. The van der Waals surface area contributed by atoms with E-state index in [0.29, 0.717) is 6.42 Å². The fraction of sp³-hybridized carbons (Fsp3) is 0.182. The van der Waals surface area contributed by atoms with Crippen molar-refractivity contribution in [3.05, 3.63) is 33.9 Å². The zero-order valence-corrected chi connectivity index (χ0v) is 11.2. The number of halogens is 1. The molecule has 2 heterocycles. The number of aliphatic carboxylic acids is 1. The van der Waals surface area contributed by atoms with E-state index in [1.807, 2.05) is 18.2 Å². The van der Waals surface area contributed by atoms with Gasteiger partial charge in [-0.1, -0.05) is 6.07 Å². The number of nitrogens with zero attached hydrogens (tertiary/aromatic N) is 2. The van der Waals surface area contributed by atoms with Crippen LogP contribution in [0.25, 0.3) is 10.7 Å². The van der Waals surface area contributed by atoms with Gasteiger partial charge in [-0.15, -0.1) is 11.3 Å². The summed E-state index contributed by atoms with van der Waals surface area (Å²) >= 11 is 4.87. The van der Waals surface area contributed by atoms with E-state index in [2.05, 4.69) is 25.9 Å². The second-order valence-corrected chi connectivity index (χ2v) is 5.67. The smallest absolute Gasteiger partial charge is 0.303 e. The van der Waals surface area contributed by atoms with Gasteiger partial charge in [-0.25, -0.2) is 4.98 Å². The van der Waals surface area contributed by atoms with E-state index in [4.69, 9.17) is 5.11 Å². The SMILES string of the molecule is O=C(O)CCc1nc(-c2ccccn2)sc1Br. The summed E-state index contributed by atoms with van der Waals surface area (Å²) in [5.41, 5.74) is 1.58.